The summed E-state index contributed by atoms with van der Waals surface area (Å²) >= 11 is 5.72. The molecule has 1 heterocycles. The smallest absolute Gasteiger partial charge is 0.222 e. The number of anilines is 3. The Bertz CT molecular complexity index is 864. The van der Waals surface area contributed by atoms with Gasteiger partial charge in [-0.25, -0.2) is 14.4 Å². The summed E-state index contributed by atoms with van der Waals surface area (Å²) in [6.45, 7) is 0. The number of aromatic nitrogens is 2. The average Bonchev–Trinajstić information content (AvgIpc) is 2.59. The van der Waals surface area contributed by atoms with Crippen molar-refractivity contribution in [1.29, 1.82) is 0 Å². The van der Waals surface area contributed by atoms with Crippen molar-refractivity contribution in [2.45, 2.75) is 0 Å². The van der Waals surface area contributed by atoms with E-state index in [-0.39, 0.29) is 28.3 Å². The zero-order valence-corrected chi connectivity index (χ0v) is 13.0. The molecule has 3 rings (SSSR count). The molecule has 8 heteroatoms. The minimum atomic E-state index is -0.658. The summed E-state index contributed by atoms with van der Waals surface area (Å²) in [4.78, 5) is 7.78. The topological polar surface area (TPSA) is 84.5 Å². The molecule has 0 unspecified atom stereocenters. The normalized spacial score (nSPS) is 10.5. The minimum absolute atomic E-state index is 0.0248. The molecule has 0 aliphatic heterocycles. The zero-order chi connectivity index (χ0) is 17.1. The van der Waals surface area contributed by atoms with Gasteiger partial charge in [-0.05, 0) is 30.3 Å². The number of rotatable bonds is 4. The van der Waals surface area contributed by atoms with Crippen LogP contribution in [0.4, 0.5) is 21.8 Å². The number of nitrogens with two attached hydrogens (primary N) is 1. The molecule has 0 saturated heterocycles. The molecule has 6 nitrogen and oxygen atoms in total. The molecule has 0 radical (unpaired) electrons. The first-order valence-corrected chi connectivity index (χ1v) is 7.22. The van der Waals surface area contributed by atoms with Gasteiger partial charge in [0, 0.05) is 5.02 Å². The van der Waals surface area contributed by atoms with Gasteiger partial charge < -0.3 is 10.5 Å². The van der Waals surface area contributed by atoms with E-state index in [1.165, 1.54) is 18.3 Å². The number of benzene rings is 2. The lowest BCUT2D eigenvalue weighted by Gasteiger charge is -2.19. The maximum atomic E-state index is 13.9. The number of hydrogen-bond donors (Lipinski definition) is 2. The van der Waals surface area contributed by atoms with Crippen molar-refractivity contribution in [2.75, 3.05) is 10.8 Å². The quantitative estimate of drug-likeness (QED) is 0.690. The molecule has 0 fully saturated rings. The fraction of sp³-hybridized carbons (Fsp3) is 0. The maximum Gasteiger partial charge on any atom is 0.222 e. The Kier molecular flexibility index (Phi) is 4.45. The fourth-order valence-electron chi connectivity index (χ4n) is 1.97. The number of hydrogen-bond acceptors (Lipinski definition) is 6. The van der Waals surface area contributed by atoms with Crippen molar-refractivity contribution in [3.63, 3.8) is 0 Å². The van der Waals surface area contributed by atoms with E-state index in [4.69, 9.17) is 22.1 Å². The molecule has 0 saturated carbocycles. The lowest BCUT2D eigenvalue weighted by molar-refractivity contribution is 0.292. The number of ether oxygens (including phenoxy) is 1. The van der Waals surface area contributed by atoms with Crippen LogP contribution in [0.1, 0.15) is 0 Å². The van der Waals surface area contributed by atoms with Crippen molar-refractivity contribution >= 4 is 29.1 Å². The van der Waals surface area contributed by atoms with Gasteiger partial charge in [0.25, 0.3) is 0 Å². The molecule has 0 bridgehead atoms. The van der Waals surface area contributed by atoms with Crippen LogP contribution >= 0.6 is 11.6 Å². The highest BCUT2D eigenvalue weighted by Gasteiger charge is 2.17. The van der Waals surface area contributed by atoms with E-state index >= 15 is 0 Å². The highest BCUT2D eigenvalue weighted by Crippen LogP contribution is 2.34. The van der Waals surface area contributed by atoms with E-state index in [9.17, 15) is 9.60 Å². The van der Waals surface area contributed by atoms with Gasteiger partial charge in [-0.15, -0.1) is 0 Å². The van der Waals surface area contributed by atoms with Crippen molar-refractivity contribution in [3.05, 3.63) is 65.6 Å². The molecule has 122 valence electrons. The highest BCUT2D eigenvalue weighted by molar-refractivity contribution is 6.30. The third-order valence-electron chi connectivity index (χ3n) is 3.07. The van der Waals surface area contributed by atoms with Crippen LogP contribution in [0, 0.1) is 5.82 Å². The Balaban J connectivity index is 1.99. The third-order valence-corrected chi connectivity index (χ3v) is 3.31. The van der Waals surface area contributed by atoms with Crippen LogP contribution in [-0.4, -0.2) is 15.2 Å². The molecule has 0 atom stereocenters. The standard InChI is InChI=1S/C16H12ClFN4O2/c17-10-6-7-13(12(18)8-10)24-14-9-20-16(19)21-15(14)22(23)11-4-2-1-3-5-11/h1-9,23H,(H2,19,20,21). The van der Waals surface area contributed by atoms with E-state index in [0.717, 1.165) is 11.1 Å². The van der Waals surface area contributed by atoms with Crippen molar-refractivity contribution in [1.82, 2.24) is 9.97 Å². The Labute approximate surface area is 141 Å². The van der Waals surface area contributed by atoms with Crippen LogP contribution in [-0.2, 0) is 0 Å². The average molecular weight is 347 g/mol. The molecule has 3 aromatic rings. The van der Waals surface area contributed by atoms with E-state index in [2.05, 4.69) is 9.97 Å². The molecular weight excluding hydrogens is 335 g/mol. The SMILES string of the molecule is Nc1ncc(Oc2ccc(Cl)cc2F)c(N(O)c2ccccc2)n1. The molecular formula is C16H12ClFN4O2. The van der Waals surface area contributed by atoms with Crippen LogP contribution < -0.4 is 15.5 Å². The second-order valence-corrected chi connectivity index (χ2v) is 5.18. The van der Waals surface area contributed by atoms with Crippen molar-refractivity contribution < 1.29 is 14.3 Å². The van der Waals surface area contributed by atoms with Gasteiger partial charge in [-0.1, -0.05) is 29.8 Å². The van der Waals surface area contributed by atoms with Crippen LogP contribution in [0.3, 0.4) is 0 Å². The summed E-state index contributed by atoms with van der Waals surface area (Å²) in [6.07, 6.45) is 1.25. The summed E-state index contributed by atoms with van der Waals surface area (Å²) in [5.74, 6) is -0.811. The zero-order valence-electron chi connectivity index (χ0n) is 12.2. The largest absolute Gasteiger partial charge is 0.449 e. The first-order chi connectivity index (χ1) is 11.5. The van der Waals surface area contributed by atoms with Crippen LogP contribution in [0.25, 0.3) is 0 Å². The molecule has 0 aliphatic rings. The molecule has 24 heavy (non-hydrogen) atoms. The first-order valence-electron chi connectivity index (χ1n) is 6.84. The van der Waals surface area contributed by atoms with Gasteiger partial charge in [-0.2, -0.15) is 4.98 Å². The Morgan fingerprint density at radius 3 is 2.58 bits per heavy atom. The van der Waals surface area contributed by atoms with E-state index < -0.39 is 5.82 Å². The summed E-state index contributed by atoms with van der Waals surface area (Å²) in [7, 11) is 0. The van der Waals surface area contributed by atoms with Gasteiger partial charge in [0.2, 0.25) is 11.8 Å². The Morgan fingerprint density at radius 1 is 1.12 bits per heavy atom. The van der Waals surface area contributed by atoms with Gasteiger partial charge in [0.05, 0.1) is 11.9 Å². The number of halogens is 2. The molecule has 0 aliphatic carbocycles. The van der Waals surface area contributed by atoms with E-state index in [1.54, 1.807) is 30.3 Å². The summed E-state index contributed by atoms with van der Waals surface area (Å²) in [6, 6.07) is 12.5. The lowest BCUT2D eigenvalue weighted by atomic mass is 10.3. The van der Waals surface area contributed by atoms with Gasteiger partial charge in [0.1, 0.15) is 0 Å². The number of nitrogen functional groups attached to an aromatic ring is 1. The van der Waals surface area contributed by atoms with E-state index in [0.29, 0.717) is 5.69 Å². The van der Waals surface area contributed by atoms with Crippen LogP contribution in [0.5, 0.6) is 11.5 Å². The van der Waals surface area contributed by atoms with Gasteiger partial charge in [0.15, 0.2) is 17.3 Å². The fourth-order valence-corrected chi connectivity index (χ4v) is 2.13. The van der Waals surface area contributed by atoms with Crippen LogP contribution in [0.2, 0.25) is 5.02 Å². The molecule has 3 N–H and O–H groups in total. The van der Waals surface area contributed by atoms with Crippen LogP contribution in [0.15, 0.2) is 54.7 Å². The predicted octanol–water partition coefficient (Wildman–Crippen LogP) is 4.17. The highest BCUT2D eigenvalue weighted by atomic mass is 35.5. The molecule has 0 spiro atoms. The number of nitrogens with zero attached hydrogens (tertiary/aromatic N) is 3. The second-order valence-electron chi connectivity index (χ2n) is 4.74. The molecule has 1 aromatic heterocycles. The third kappa shape index (κ3) is 3.37. The number of para-hydroxylation sites is 1. The van der Waals surface area contributed by atoms with Gasteiger partial charge >= 0.3 is 0 Å². The van der Waals surface area contributed by atoms with Crippen molar-refractivity contribution in [2.24, 2.45) is 0 Å². The second kappa shape index (κ2) is 6.69. The molecule has 2 aromatic carbocycles. The van der Waals surface area contributed by atoms with Crippen molar-refractivity contribution in [3.8, 4) is 11.5 Å². The summed E-state index contributed by atoms with van der Waals surface area (Å²) < 4.78 is 19.4. The Hall–Kier alpha value is -2.90. The lowest BCUT2D eigenvalue weighted by Crippen LogP contribution is -2.14. The Morgan fingerprint density at radius 2 is 1.88 bits per heavy atom. The summed E-state index contributed by atoms with van der Waals surface area (Å²) in [5.41, 5.74) is 6.01. The van der Waals surface area contributed by atoms with E-state index in [1.807, 2.05) is 0 Å². The monoisotopic (exact) mass is 346 g/mol. The first kappa shape index (κ1) is 16.0. The summed E-state index contributed by atoms with van der Waals surface area (Å²) in [5, 5.41) is 11.4. The maximum absolute atomic E-state index is 13.9. The minimum Gasteiger partial charge on any atom is -0.449 e. The molecule has 0 amide bonds. The van der Waals surface area contributed by atoms with Gasteiger partial charge in [-0.3, -0.25) is 5.21 Å². The predicted molar refractivity (Wildman–Crippen MR) is 88.3 cm³/mol.